The van der Waals surface area contributed by atoms with Crippen LogP contribution in [0.4, 0.5) is 0 Å². The molecule has 2 aliphatic carbocycles. The van der Waals surface area contributed by atoms with Crippen molar-refractivity contribution in [2.24, 2.45) is 0 Å². The lowest BCUT2D eigenvalue weighted by molar-refractivity contribution is -0.138. The van der Waals surface area contributed by atoms with Crippen molar-refractivity contribution in [1.29, 1.82) is 0 Å². The summed E-state index contributed by atoms with van der Waals surface area (Å²) in [7, 11) is 0. The number of ketones is 2. The summed E-state index contributed by atoms with van der Waals surface area (Å²) in [6.45, 7) is 5.66. The Morgan fingerprint density at radius 1 is 0.674 bits per heavy atom. The lowest BCUT2D eigenvalue weighted by Gasteiger charge is -2.34. The summed E-state index contributed by atoms with van der Waals surface area (Å²) in [5.41, 5.74) is -1.09. The zero-order chi connectivity index (χ0) is 34.7. The van der Waals surface area contributed by atoms with E-state index in [1.54, 1.807) is 52.0 Å². The third-order valence-corrected chi connectivity index (χ3v) is 8.73. The molecule has 12 nitrogen and oxygen atoms in total. The number of aliphatic hydroxyl groups excluding tert-OH is 2. The molecule has 46 heavy (non-hydrogen) atoms. The summed E-state index contributed by atoms with van der Waals surface area (Å²) in [5.74, 6) is -6.39. The second kappa shape index (κ2) is 13.8. The first-order chi connectivity index (χ1) is 21.4. The van der Waals surface area contributed by atoms with Gasteiger partial charge in [-0.2, -0.15) is 0 Å². The fraction of sp³-hybridized carbons (Fsp3) is 0.312. The number of carbonyl (C=O) groups excluding carboxylic acids is 4. The van der Waals surface area contributed by atoms with Crippen molar-refractivity contribution in [2.75, 3.05) is 13.1 Å². The molecule has 4 rings (SSSR count). The Labute approximate surface area is 273 Å². The van der Waals surface area contributed by atoms with Gasteiger partial charge in [0, 0.05) is 21.2 Å². The normalized spacial score (nSPS) is 20.2. The van der Waals surface area contributed by atoms with Crippen LogP contribution in [-0.4, -0.2) is 68.8 Å². The van der Waals surface area contributed by atoms with E-state index < -0.39 is 81.9 Å². The highest BCUT2D eigenvalue weighted by Crippen LogP contribution is 2.43. The Morgan fingerprint density at radius 3 is 1.28 bits per heavy atom. The molecule has 0 bridgehead atoms. The van der Waals surface area contributed by atoms with Crippen molar-refractivity contribution in [1.82, 2.24) is 10.6 Å². The van der Waals surface area contributed by atoms with Gasteiger partial charge < -0.3 is 31.1 Å². The second-order valence-electron chi connectivity index (χ2n) is 11.0. The largest absolute Gasteiger partial charge is 0.506 e. The van der Waals surface area contributed by atoms with Crippen LogP contribution in [0.3, 0.4) is 0 Å². The molecule has 0 saturated carbocycles. The Hall–Kier alpha value is -4.68. The lowest BCUT2D eigenvalue weighted by Crippen LogP contribution is -2.43. The number of fused-ring (bicyclic) bond motifs is 2. The number of rotatable bonds is 8. The first kappa shape index (κ1) is 35.8. The van der Waals surface area contributed by atoms with Crippen LogP contribution in [0.15, 0.2) is 47.5 Å². The van der Waals surface area contributed by atoms with Gasteiger partial charge >= 0.3 is 11.9 Å². The first-order valence-corrected chi connectivity index (χ1v) is 14.8. The smallest absolute Gasteiger partial charge is 0.322 e. The molecule has 0 spiro atoms. The first-order valence-electron chi connectivity index (χ1n) is 14.0. The predicted octanol–water partition coefficient (Wildman–Crippen LogP) is 4.12. The minimum atomic E-state index is -1.25. The number of carbonyl (C=O) groups is 6. The summed E-state index contributed by atoms with van der Waals surface area (Å²) in [5, 5.41) is 43.0. The van der Waals surface area contributed by atoms with Crippen LogP contribution in [0.2, 0.25) is 10.0 Å². The maximum absolute atomic E-state index is 12.8. The van der Waals surface area contributed by atoms with Gasteiger partial charge in [-0.25, -0.2) is 0 Å². The van der Waals surface area contributed by atoms with Gasteiger partial charge in [-0.15, -0.1) is 0 Å². The third kappa shape index (κ3) is 6.63. The fourth-order valence-corrected chi connectivity index (χ4v) is 5.62. The molecule has 2 atom stereocenters. The van der Waals surface area contributed by atoms with Crippen LogP contribution >= 0.6 is 23.2 Å². The van der Waals surface area contributed by atoms with Crippen molar-refractivity contribution in [2.45, 2.75) is 51.4 Å². The molecule has 0 unspecified atom stereocenters. The molecule has 2 aromatic rings. The highest BCUT2D eigenvalue weighted by Gasteiger charge is 2.46. The quantitative estimate of drug-likeness (QED) is 0.221. The Kier molecular flexibility index (Phi) is 10.7. The molecule has 0 radical (unpaired) electrons. The van der Waals surface area contributed by atoms with Crippen LogP contribution in [-0.2, 0) is 39.6 Å². The van der Waals surface area contributed by atoms with Gasteiger partial charge in [-0.05, 0) is 62.1 Å². The number of amides is 2. The Bertz CT molecular complexity index is 1610. The molecule has 2 aromatic carbocycles. The minimum absolute atomic E-state index is 0.307. The van der Waals surface area contributed by atoms with E-state index in [-0.39, 0.29) is 0 Å². The maximum atomic E-state index is 12.8. The van der Waals surface area contributed by atoms with Gasteiger partial charge in [-0.3, -0.25) is 28.8 Å². The Balaban J connectivity index is 0.000000250. The van der Waals surface area contributed by atoms with Crippen LogP contribution in [0.1, 0.15) is 62.8 Å². The molecule has 14 heteroatoms. The standard InChI is InChI=1S/2C16H16ClNO5/c2*1-3-16(2)10-5-4-8(17)6-9(10)13(21)12(14(16)22)15(23)18-7-11(19)20/h2*4-6,21H,3,7H2,1-2H3,(H,18,23)(H,19,20)/t2*16-/m10/s1. The average Bonchev–Trinajstić information content (AvgIpc) is 3.01. The highest BCUT2D eigenvalue weighted by molar-refractivity contribution is 6.32. The molecule has 2 aliphatic rings. The zero-order valence-corrected chi connectivity index (χ0v) is 26.8. The SMILES string of the molecule is CC[C@@]1(C)C(=O)C(C(=O)NCC(=O)O)=C(O)c2cc(Cl)ccc21.CC[C@]1(C)C(=O)C(C(=O)NCC(=O)O)=C(O)c2cc(Cl)ccc21. The highest BCUT2D eigenvalue weighted by atomic mass is 35.5. The summed E-state index contributed by atoms with van der Waals surface area (Å²) in [4.78, 5) is 71.0. The number of carboxylic acid groups (broad SMARTS) is 2. The van der Waals surface area contributed by atoms with E-state index >= 15 is 0 Å². The molecule has 6 N–H and O–H groups in total. The number of aliphatic carboxylic acids is 2. The number of benzene rings is 2. The van der Waals surface area contributed by atoms with E-state index in [1.165, 1.54) is 12.1 Å². The van der Waals surface area contributed by atoms with E-state index in [2.05, 4.69) is 10.6 Å². The summed E-state index contributed by atoms with van der Waals surface area (Å²) in [6, 6.07) is 9.51. The zero-order valence-electron chi connectivity index (χ0n) is 25.3. The van der Waals surface area contributed by atoms with Crippen molar-refractivity contribution < 1.29 is 49.2 Å². The molecule has 244 valence electrons. The van der Waals surface area contributed by atoms with Crippen LogP contribution in [0, 0.1) is 0 Å². The number of aliphatic hydroxyl groups is 2. The van der Waals surface area contributed by atoms with Crippen molar-refractivity contribution in [3.8, 4) is 0 Å². The predicted molar refractivity (Wildman–Crippen MR) is 169 cm³/mol. The Morgan fingerprint density at radius 2 is 1.00 bits per heavy atom. The van der Waals surface area contributed by atoms with Gasteiger partial charge in [0.1, 0.15) is 35.8 Å². The number of Topliss-reactive ketones (excluding diaryl/α,β-unsaturated/α-hetero) is 2. The molecule has 0 heterocycles. The number of hydrogen-bond donors (Lipinski definition) is 6. The topological polar surface area (TPSA) is 207 Å². The lowest BCUT2D eigenvalue weighted by atomic mass is 9.68. The van der Waals surface area contributed by atoms with Crippen molar-refractivity contribution in [3.05, 3.63) is 79.8 Å². The van der Waals surface area contributed by atoms with E-state index in [1.807, 2.05) is 0 Å². The van der Waals surface area contributed by atoms with Gasteiger partial charge in [0.15, 0.2) is 11.6 Å². The fourth-order valence-electron chi connectivity index (χ4n) is 5.28. The molecule has 0 fully saturated rings. The van der Waals surface area contributed by atoms with Crippen molar-refractivity contribution >= 4 is 70.0 Å². The number of nitrogens with one attached hydrogen (secondary N) is 2. The molecule has 2 amide bonds. The van der Waals surface area contributed by atoms with Crippen LogP contribution in [0.5, 0.6) is 0 Å². The minimum Gasteiger partial charge on any atom is -0.506 e. The van der Waals surface area contributed by atoms with Gasteiger partial charge in [0.05, 0.1) is 10.8 Å². The summed E-state index contributed by atoms with van der Waals surface area (Å²) >= 11 is 11.9. The third-order valence-electron chi connectivity index (χ3n) is 8.26. The molecule has 0 aliphatic heterocycles. The summed E-state index contributed by atoms with van der Waals surface area (Å²) in [6.07, 6.45) is 0.812. The van der Waals surface area contributed by atoms with E-state index in [9.17, 15) is 39.0 Å². The van der Waals surface area contributed by atoms with Crippen LogP contribution < -0.4 is 10.6 Å². The van der Waals surface area contributed by atoms with E-state index in [4.69, 9.17) is 33.4 Å². The van der Waals surface area contributed by atoms with Crippen molar-refractivity contribution in [3.63, 3.8) is 0 Å². The molecule has 0 aromatic heterocycles. The van der Waals surface area contributed by atoms with E-state index in [0.717, 1.165) is 0 Å². The van der Waals surface area contributed by atoms with Gasteiger partial charge in [0.2, 0.25) is 0 Å². The molecular weight excluding hydrogens is 643 g/mol. The van der Waals surface area contributed by atoms with Crippen LogP contribution in [0.25, 0.3) is 11.5 Å². The number of carboxylic acids is 2. The molecule has 0 saturated heterocycles. The number of hydrogen-bond acceptors (Lipinski definition) is 8. The molecular formula is C32H32Cl2N2O10. The van der Waals surface area contributed by atoms with E-state index in [0.29, 0.717) is 45.1 Å². The van der Waals surface area contributed by atoms with Gasteiger partial charge in [-0.1, -0.05) is 49.2 Å². The number of halogens is 2. The van der Waals surface area contributed by atoms with Gasteiger partial charge in [0.25, 0.3) is 11.8 Å². The maximum Gasteiger partial charge on any atom is 0.322 e. The second-order valence-corrected chi connectivity index (χ2v) is 11.9. The average molecular weight is 676 g/mol. The summed E-state index contributed by atoms with van der Waals surface area (Å²) < 4.78 is 0. The monoisotopic (exact) mass is 674 g/mol.